The number of benzene rings is 3. The van der Waals surface area contributed by atoms with Crippen LogP contribution in [0.2, 0.25) is 5.02 Å². The lowest BCUT2D eigenvalue weighted by Crippen LogP contribution is -2.15. The van der Waals surface area contributed by atoms with Gasteiger partial charge >= 0.3 is 0 Å². The van der Waals surface area contributed by atoms with E-state index in [0.29, 0.717) is 11.4 Å². The molecule has 0 saturated carbocycles. The standard InChI is InChI=1S/C21H17ClN4O4S/c22-15-6-8-16(9-7-15)25-31(29,30)21-13-17(26(27)28)10-12-20(21)24-23-19-11-5-14-3-1-2-4-18(14)19/h1-4,6-10,12-13,24-25H,5,11H2. The molecule has 0 heterocycles. The Bertz CT molecular complexity index is 1290. The van der Waals surface area contributed by atoms with Crippen molar-refractivity contribution < 1.29 is 13.3 Å². The first kappa shape index (κ1) is 20.8. The third-order valence-corrected chi connectivity index (χ3v) is 6.51. The molecule has 4 rings (SSSR count). The van der Waals surface area contributed by atoms with E-state index in [-0.39, 0.29) is 22.0 Å². The van der Waals surface area contributed by atoms with E-state index in [4.69, 9.17) is 11.6 Å². The van der Waals surface area contributed by atoms with Crippen LogP contribution in [-0.2, 0) is 16.4 Å². The number of sulfonamides is 1. The first-order valence-corrected chi connectivity index (χ1v) is 11.2. The summed E-state index contributed by atoms with van der Waals surface area (Å²) in [6, 6.07) is 17.5. The van der Waals surface area contributed by atoms with E-state index in [0.717, 1.165) is 23.8 Å². The van der Waals surface area contributed by atoms with Gasteiger partial charge in [0.2, 0.25) is 0 Å². The molecule has 1 aliphatic carbocycles. The van der Waals surface area contributed by atoms with Crippen LogP contribution in [-0.4, -0.2) is 19.1 Å². The van der Waals surface area contributed by atoms with Gasteiger partial charge < -0.3 is 0 Å². The van der Waals surface area contributed by atoms with Gasteiger partial charge in [-0.05, 0) is 48.7 Å². The number of fused-ring (bicyclic) bond motifs is 1. The first-order valence-electron chi connectivity index (χ1n) is 9.31. The van der Waals surface area contributed by atoms with Crippen LogP contribution in [0.4, 0.5) is 17.1 Å². The van der Waals surface area contributed by atoms with Gasteiger partial charge in [0.05, 0.1) is 16.3 Å². The Morgan fingerprint density at radius 1 is 1.00 bits per heavy atom. The van der Waals surface area contributed by atoms with Crippen molar-refractivity contribution >= 4 is 44.4 Å². The van der Waals surface area contributed by atoms with E-state index in [1.54, 1.807) is 0 Å². The van der Waals surface area contributed by atoms with Gasteiger partial charge in [-0.2, -0.15) is 5.10 Å². The molecule has 0 saturated heterocycles. The topological polar surface area (TPSA) is 114 Å². The van der Waals surface area contributed by atoms with E-state index >= 15 is 0 Å². The monoisotopic (exact) mass is 456 g/mol. The molecular formula is C21H17ClN4O4S. The van der Waals surface area contributed by atoms with Gasteiger partial charge in [0.1, 0.15) is 4.90 Å². The summed E-state index contributed by atoms with van der Waals surface area (Å²) in [6.07, 6.45) is 1.56. The fourth-order valence-electron chi connectivity index (χ4n) is 3.32. The molecule has 0 radical (unpaired) electrons. The molecule has 1 aliphatic rings. The SMILES string of the molecule is O=[N+]([O-])c1ccc(NN=C2CCc3ccccc32)c(S(=O)(=O)Nc2ccc(Cl)cc2)c1. The minimum absolute atomic E-state index is 0.129. The Morgan fingerprint density at radius 2 is 1.74 bits per heavy atom. The minimum Gasteiger partial charge on any atom is -0.280 e. The minimum atomic E-state index is -4.15. The highest BCUT2D eigenvalue weighted by Crippen LogP contribution is 2.29. The normalized spacial score (nSPS) is 14.3. The summed E-state index contributed by atoms with van der Waals surface area (Å²) in [5, 5.41) is 16.1. The molecule has 2 N–H and O–H groups in total. The molecule has 0 aliphatic heterocycles. The van der Waals surface area contributed by atoms with Gasteiger partial charge in [0.15, 0.2) is 0 Å². The quantitative estimate of drug-likeness (QED) is 0.408. The van der Waals surface area contributed by atoms with Crippen LogP contribution >= 0.6 is 11.6 Å². The number of halogens is 1. The average Bonchev–Trinajstić information content (AvgIpc) is 3.17. The van der Waals surface area contributed by atoms with Gasteiger partial charge in [-0.1, -0.05) is 35.9 Å². The Balaban J connectivity index is 1.69. The number of anilines is 2. The van der Waals surface area contributed by atoms with Crippen LogP contribution in [0.1, 0.15) is 17.5 Å². The van der Waals surface area contributed by atoms with Crippen LogP contribution in [0.3, 0.4) is 0 Å². The van der Waals surface area contributed by atoms with Gasteiger partial charge in [0.25, 0.3) is 15.7 Å². The van der Waals surface area contributed by atoms with E-state index in [1.165, 1.54) is 42.0 Å². The highest BCUT2D eigenvalue weighted by Gasteiger charge is 2.23. The lowest BCUT2D eigenvalue weighted by Gasteiger charge is -2.12. The van der Waals surface area contributed by atoms with Crippen molar-refractivity contribution in [2.45, 2.75) is 17.7 Å². The second-order valence-electron chi connectivity index (χ2n) is 6.88. The molecule has 3 aromatic carbocycles. The number of nitro benzene ring substituents is 1. The third-order valence-electron chi connectivity index (χ3n) is 4.83. The van der Waals surface area contributed by atoms with Crippen LogP contribution < -0.4 is 10.1 Å². The highest BCUT2D eigenvalue weighted by molar-refractivity contribution is 7.92. The van der Waals surface area contributed by atoms with E-state index < -0.39 is 14.9 Å². The van der Waals surface area contributed by atoms with E-state index in [1.807, 2.05) is 24.3 Å². The van der Waals surface area contributed by atoms with Crippen molar-refractivity contribution in [3.8, 4) is 0 Å². The van der Waals surface area contributed by atoms with Crippen molar-refractivity contribution in [2.75, 3.05) is 10.1 Å². The summed E-state index contributed by atoms with van der Waals surface area (Å²) < 4.78 is 28.5. The molecule has 0 amide bonds. The number of nitrogens with one attached hydrogen (secondary N) is 2. The molecule has 0 fully saturated rings. The highest BCUT2D eigenvalue weighted by atomic mass is 35.5. The Labute approximate surface area is 183 Å². The number of hydrogen-bond donors (Lipinski definition) is 2. The average molecular weight is 457 g/mol. The van der Waals surface area contributed by atoms with Crippen LogP contribution in [0.5, 0.6) is 0 Å². The maximum atomic E-state index is 13.0. The Morgan fingerprint density at radius 3 is 2.48 bits per heavy atom. The molecule has 10 heteroatoms. The number of rotatable bonds is 6. The number of nitro groups is 1. The van der Waals surface area contributed by atoms with E-state index in [2.05, 4.69) is 15.2 Å². The molecule has 3 aromatic rings. The van der Waals surface area contributed by atoms with Crippen molar-refractivity contribution in [3.63, 3.8) is 0 Å². The fourth-order valence-corrected chi connectivity index (χ4v) is 4.68. The largest absolute Gasteiger partial charge is 0.280 e. The summed E-state index contributed by atoms with van der Waals surface area (Å²) in [5.41, 5.74) is 5.81. The molecular weight excluding hydrogens is 440 g/mol. The molecule has 158 valence electrons. The van der Waals surface area contributed by atoms with Crippen LogP contribution in [0.25, 0.3) is 0 Å². The maximum Gasteiger partial charge on any atom is 0.270 e. The summed E-state index contributed by atoms with van der Waals surface area (Å²) in [4.78, 5) is 10.3. The van der Waals surface area contributed by atoms with Crippen molar-refractivity contribution in [2.24, 2.45) is 5.10 Å². The molecule has 0 aromatic heterocycles. The molecule has 31 heavy (non-hydrogen) atoms. The first-order chi connectivity index (χ1) is 14.8. The molecule has 0 unspecified atom stereocenters. The van der Waals surface area contributed by atoms with Crippen molar-refractivity contribution in [1.29, 1.82) is 0 Å². The van der Waals surface area contributed by atoms with Crippen molar-refractivity contribution in [3.05, 3.63) is 93.0 Å². The van der Waals surface area contributed by atoms with E-state index in [9.17, 15) is 18.5 Å². The van der Waals surface area contributed by atoms with Crippen LogP contribution in [0, 0.1) is 10.1 Å². The fraction of sp³-hybridized carbons (Fsp3) is 0.0952. The third kappa shape index (κ3) is 4.52. The smallest absolute Gasteiger partial charge is 0.270 e. The number of aryl methyl sites for hydroxylation is 1. The summed E-state index contributed by atoms with van der Waals surface area (Å²) in [5.74, 6) is 0. The number of nitrogens with zero attached hydrogens (tertiary/aromatic N) is 2. The summed E-state index contributed by atoms with van der Waals surface area (Å²) in [6.45, 7) is 0. The molecule has 0 atom stereocenters. The lowest BCUT2D eigenvalue weighted by atomic mass is 10.1. The molecule has 0 spiro atoms. The second-order valence-corrected chi connectivity index (χ2v) is 8.96. The molecule has 0 bridgehead atoms. The zero-order valence-electron chi connectivity index (χ0n) is 16.1. The van der Waals surface area contributed by atoms with Gasteiger partial charge in [-0.15, -0.1) is 0 Å². The van der Waals surface area contributed by atoms with Gasteiger partial charge in [0, 0.05) is 28.4 Å². The zero-order valence-corrected chi connectivity index (χ0v) is 17.7. The Kier molecular flexibility index (Phi) is 5.62. The maximum absolute atomic E-state index is 13.0. The zero-order chi connectivity index (χ0) is 22.0. The summed E-state index contributed by atoms with van der Waals surface area (Å²) >= 11 is 5.84. The summed E-state index contributed by atoms with van der Waals surface area (Å²) in [7, 11) is -4.15. The number of hydrazone groups is 1. The predicted molar refractivity (Wildman–Crippen MR) is 120 cm³/mol. The van der Waals surface area contributed by atoms with Crippen molar-refractivity contribution in [1.82, 2.24) is 0 Å². The molecule has 8 nitrogen and oxygen atoms in total. The lowest BCUT2D eigenvalue weighted by molar-refractivity contribution is -0.385. The second kappa shape index (κ2) is 8.37. The van der Waals surface area contributed by atoms with Crippen LogP contribution in [0.15, 0.2) is 76.7 Å². The van der Waals surface area contributed by atoms with Gasteiger partial charge in [-0.3, -0.25) is 20.3 Å². The number of hydrogen-bond acceptors (Lipinski definition) is 6. The predicted octanol–water partition coefficient (Wildman–Crippen LogP) is 4.81. The van der Waals surface area contributed by atoms with Gasteiger partial charge in [-0.25, -0.2) is 8.42 Å². The number of non-ortho nitro benzene ring substituents is 1. The Hall–Kier alpha value is -3.43.